The second-order valence-electron chi connectivity index (χ2n) is 8.39. The molecule has 1 amide bonds. The first-order valence-corrected chi connectivity index (χ1v) is 11.9. The minimum absolute atomic E-state index is 0.0562. The highest BCUT2D eigenvalue weighted by Gasteiger charge is 2.28. The van der Waals surface area contributed by atoms with Crippen molar-refractivity contribution in [2.75, 3.05) is 5.75 Å². The molecule has 1 aliphatic rings. The minimum atomic E-state index is 0.0562. The van der Waals surface area contributed by atoms with Gasteiger partial charge in [0.2, 0.25) is 5.91 Å². The van der Waals surface area contributed by atoms with Crippen LogP contribution in [0.15, 0.2) is 53.9 Å². The molecule has 1 aliphatic carbocycles. The van der Waals surface area contributed by atoms with Crippen molar-refractivity contribution < 1.29 is 4.79 Å². The van der Waals surface area contributed by atoms with Crippen LogP contribution in [0.4, 0.5) is 0 Å². The minimum Gasteiger partial charge on any atom is -0.352 e. The molecule has 0 saturated heterocycles. The first-order chi connectivity index (χ1) is 15.0. The molecule has 0 bridgehead atoms. The molecule has 2 heterocycles. The zero-order valence-corrected chi connectivity index (χ0v) is 19.1. The van der Waals surface area contributed by atoms with Crippen LogP contribution in [0, 0.1) is 18.8 Å². The lowest BCUT2D eigenvalue weighted by Crippen LogP contribution is -2.44. The van der Waals surface area contributed by atoms with E-state index in [0.717, 1.165) is 29.1 Å². The highest BCUT2D eigenvalue weighted by molar-refractivity contribution is 7.99. The van der Waals surface area contributed by atoms with Crippen molar-refractivity contribution in [1.29, 1.82) is 0 Å². The number of hydrogen-bond acceptors (Lipinski definition) is 5. The van der Waals surface area contributed by atoms with Crippen LogP contribution in [-0.2, 0) is 4.79 Å². The summed E-state index contributed by atoms with van der Waals surface area (Å²) in [5, 5.41) is 12.8. The molecule has 1 aromatic carbocycles. The summed E-state index contributed by atoms with van der Waals surface area (Å²) in [5.41, 5.74) is 3.07. The van der Waals surface area contributed by atoms with Gasteiger partial charge >= 0.3 is 0 Å². The van der Waals surface area contributed by atoms with Gasteiger partial charge in [0.15, 0.2) is 11.0 Å². The number of aryl methyl sites for hydroxylation is 1. The molecule has 1 saturated carbocycles. The van der Waals surface area contributed by atoms with Crippen molar-refractivity contribution in [2.45, 2.75) is 51.2 Å². The van der Waals surface area contributed by atoms with E-state index in [1.807, 2.05) is 28.8 Å². The van der Waals surface area contributed by atoms with E-state index in [0.29, 0.717) is 22.7 Å². The van der Waals surface area contributed by atoms with Gasteiger partial charge < -0.3 is 5.32 Å². The number of aromatic nitrogens is 4. The molecule has 0 radical (unpaired) electrons. The summed E-state index contributed by atoms with van der Waals surface area (Å²) in [6, 6.07) is 12.3. The monoisotopic (exact) mass is 435 g/mol. The van der Waals surface area contributed by atoms with Crippen molar-refractivity contribution >= 4 is 17.7 Å². The zero-order valence-electron chi connectivity index (χ0n) is 18.3. The third-order valence-corrected chi connectivity index (χ3v) is 7.24. The van der Waals surface area contributed by atoms with Crippen LogP contribution in [0.2, 0.25) is 0 Å². The van der Waals surface area contributed by atoms with Gasteiger partial charge in [0.25, 0.3) is 0 Å². The summed E-state index contributed by atoms with van der Waals surface area (Å²) in [6.45, 7) is 6.60. The summed E-state index contributed by atoms with van der Waals surface area (Å²) in [6.07, 6.45) is 6.99. The van der Waals surface area contributed by atoms with Crippen LogP contribution in [0.3, 0.4) is 0 Å². The average molecular weight is 436 g/mol. The molecule has 0 aliphatic heterocycles. The number of hydrogen-bond donors (Lipinski definition) is 1. The molecular weight excluding hydrogens is 406 g/mol. The van der Waals surface area contributed by atoms with Crippen LogP contribution in [0.25, 0.3) is 17.1 Å². The Morgan fingerprint density at radius 3 is 2.68 bits per heavy atom. The number of para-hydroxylation sites is 1. The third kappa shape index (κ3) is 4.82. The van der Waals surface area contributed by atoms with E-state index in [2.05, 4.69) is 53.4 Å². The Labute approximate surface area is 187 Å². The van der Waals surface area contributed by atoms with E-state index in [4.69, 9.17) is 0 Å². The SMILES string of the molecule is Cc1ccccc1-n1c(SCC(=O)NC2CCCC(C)C2C)nnc1-c1ccncc1. The van der Waals surface area contributed by atoms with E-state index < -0.39 is 0 Å². The summed E-state index contributed by atoms with van der Waals surface area (Å²) in [4.78, 5) is 16.8. The Hall–Kier alpha value is -2.67. The van der Waals surface area contributed by atoms with E-state index in [9.17, 15) is 4.79 Å². The average Bonchev–Trinajstić information content (AvgIpc) is 3.20. The highest BCUT2D eigenvalue weighted by atomic mass is 32.2. The van der Waals surface area contributed by atoms with Gasteiger partial charge in [-0.3, -0.25) is 14.3 Å². The van der Waals surface area contributed by atoms with Gasteiger partial charge in [0.1, 0.15) is 0 Å². The number of carbonyl (C=O) groups excluding carboxylic acids is 1. The lowest BCUT2D eigenvalue weighted by Gasteiger charge is -2.34. The number of nitrogens with zero attached hydrogens (tertiary/aromatic N) is 4. The lowest BCUT2D eigenvalue weighted by molar-refractivity contribution is -0.120. The van der Waals surface area contributed by atoms with Crippen LogP contribution in [0.1, 0.15) is 38.7 Å². The van der Waals surface area contributed by atoms with E-state index >= 15 is 0 Å². The first-order valence-electron chi connectivity index (χ1n) is 10.9. The lowest BCUT2D eigenvalue weighted by atomic mass is 9.78. The molecule has 6 nitrogen and oxygen atoms in total. The molecule has 162 valence electrons. The van der Waals surface area contributed by atoms with Gasteiger partial charge in [-0.05, 0) is 48.9 Å². The van der Waals surface area contributed by atoms with Crippen molar-refractivity contribution in [3.63, 3.8) is 0 Å². The number of rotatable bonds is 6. The van der Waals surface area contributed by atoms with Gasteiger partial charge in [-0.2, -0.15) is 0 Å². The summed E-state index contributed by atoms with van der Waals surface area (Å²) >= 11 is 1.43. The van der Waals surface area contributed by atoms with Crippen molar-refractivity contribution in [3.8, 4) is 17.1 Å². The summed E-state index contributed by atoms with van der Waals surface area (Å²) in [5.74, 6) is 2.28. The molecule has 1 fully saturated rings. The molecule has 7 heteroatoms. The second-order valence-corrected chi connectivity index (χ2v) is 9.34. The standard InChI is InChI=1S/C24H29N5OS/c1-16-8-6-9-20(18(16)3)26-22(30)15-31-24-28-27-23(19-11-13-25-14-12-19)29(24)21-10-5-4-7-17(21)2/h4-5,7,10-14,16,18,20H,6,8-9,15H2,1-3H3,(H,26,30). The molecule has 0 spiro atoms. The Balaban J connectivity index is 1.55. The normalized spacial score (nSPS) is 21.1. The quantitative estimate of drug-likeness (QED) is 0.570. The molecule has 2 aromatic heterocycles. The maximum atomic E-state index is 12.7. The van der Waals surface area contributed by atoms with E-state index in [1.54, 1.807) is 12.4 Å². The van der Waals surface area contributed by atoms with Gasteiger partial charge in [-0.25, -0.2) is 0 Å². The van der Waals surface area contributed by atoms with Crippen molar-refractivity contribution in [1.82, 2.24) is 25.1 Å². The number of thioether (sulfide) groups is 1. The van der Waals surface area contributed by atoms with Gasteiger partial charge in [0, 0.05) is 24.0 Å². The Bertz CT molecular complexity index is 1040. The predicted octanol–water partition coefficient (Wildman–Crippen LogP) is 4.67. The topological polar surface area (TPSA) is 72.7 Å². The largest absolute Gasteiger partial charge is 0.352 e. The van der Waals surface area contributed by atoms with E-state index in [1.165, 1.54) is 24.6 Å². The van der Waals surface area contributed by atoms with Crippen molar-refractivity contribution in [3.05, 3.63) is 54.4 Å². The Kier molecular flexibility index (Phi) is 6.70. The summed E-state index contributed by atoms with van der Waals surface area (Å²) in [7, 11) is 0. The number of amides is 1. The van der Waals surface area contributed by atoms with Gasteiger partial charge in [0.05, 0.1) is 11.4 Å². The fourth-order valence-electron chi connectivity index (χ4n) is 4.25. The van der Waals surface area contributed by atoms with Gasteiger partial charge in [-0.15, -0.1) is 10.2 Å². The number of carbonyl (C=O) groups is 1. The van der Waals surface area contributed by atoms with Crippen LogP contribution >= 0.6 is 11.8 Å². The molecule has 1 N–H and O–H groups in total. The number of pyridine rings is 1. The Morgan fingerprint density at radius 1 is 1.13 bits per heavy atom. The fourth-order valence-corrected chi connectivity index (χ4v) is 5.00. The van der Waals surface area contributed by atoms with Crippen LogP contribution in [0.5, 0.6) is 0 Å². The molecular formula is C24H29N5OS. The maximum Gasteiger partial charge on any atom is 0.230 e. The third-order valence-electron chi connectivity index (χ3n) is 6.31. The highest BCUT2D eigenvalue weighted by Crippen LogP contribution is 2.31. The fraction of sp³-hybridized carbons (Fsp3) is 0.417. The van der Waals surface area contributed by atoms with Crippen LogP contribution < -0.4 is 5.32 Å². The molecule has 3 aromatic rings. The molecule has 31 heavy (non-hydrogen) atoms. The molecule has 3 unspecified atom stereocenters. The molecule has 3 atom stereocenters. The maximum absolute atomic E-state index is 12.7. The van der Waals surface area contributed by atoms with Gasteiger partial charge in [-0.1, -0.05) is 56.7 Å². The number of benzene rings is 1. The van der Waals surface area contributed by atoms with Crippen LogP contribution in [-0.4, -0.2) is 37.5 Å². The van der Waals surface area contributed by atoms with Crippen molar-refractivity contribution in [2.24, 2.45) is 11.8 Å². The molecule has 4 rings (SSSR count). The summed E-state index contributed by atoms with van der Waals surface area (Å²) < 4.78 is 2.04. The first kappa shape index (κ1) is 21.6. The van der Waals surface area contributed by atoms with E-state index in [-0.39, 0.29) is 11.9 Å². The smallest absolute Gasteiger partial charge is 0.230 e. The predicted molar refractivity (Wildman–Crippen MR) is 124 cm³/mol. The Morgan fingerprint density at radius 2 is 1.90 bits per heavy atom. The number of nitrogens with one attached hydrogen (secondary N) is 1. The zero-order chi connectivity index (χ0) is 21.8. The second kappa shape index (κ2) is 9.64.